The SMILES string of the molecule is CCCCC(CC)Cc1ccccc1O[C]=O. The molecule has 1 aromatic carbocycles. The first kappa shape index (κ1) is 13.8. The number of unbranched alkanes of at least 4 members (excludes halogenated alkanes) is 1. The highest BCUT2D eigenvalue weighted by molar-refractivity contribution is 5.48. The Kier molecular flexibility index (Phi) is 6.38. The third kappa shape index (κ3) is 4.59. The highest BCUT2D eigenvalue weighted by Crippen LogP contribution is 2.24. The van der Waals surface area contributed by atoms with E-state index in [4.69, 9.17) is 4.74 Å². The van der Waals surface area contributed by atoms with Crippen LogP contribution in [0.1, 0.15) is 45.1 Å². The van der Waals surface area contributed by atoms with Gasteiger partial charge in [0.15, 0.2) is 0 Å². The predicted octanol–water partition coefficient (Wildman–Crippen LogP) is 3.89. The molecule has 1 radical (unpaired) electrons. The first-order valence-corrected chi connectivity index (χ1v) is 6.43. The van der Waals surface area contributed by atoms with Gasteiger partial charge in [-0.2, -0.15) is 0 Å². The molecule has 0 aliphatic rings. The van der Waals surface area contributed by atoms with E-state index in [1.54, 1.807) is 0 Å². The molecule has 0 heterocycles. The minimum absolute atomic E-state index is 0.650. The number of carbonyl (C=O) groups excluding carboxylic acids is 1. The number of rotatable bonds is 8. The Bertz CT molecular complexity index is 333. The minimum Gasteiger partial charge on any atom is -0.418 e. The van der Waals surface area contributed by atoms with Gasteiger partial charge in [-0.25, -0.2) is 4.79 Å². The molecule has 2 nitrogen and oxygen atoms in total. The average Bonchev–Trinajstić information content (AvgIpc) is 2.36. The van der Waals surface area contributed by atoms with Gasteiger partial charge < -0.3 is 4.74 Å². The third-order valence-electron chi connectivity index (χ3n) is 3.18. The fourth-order valence-corrected chi connectivity index (χ4v) is 2.07. The maximum Gasteiger partial charge on any atom is 0.423 e. The molecule has 17 heavy (non-hydrogen) atoms. The maximum atomic E-state index is 10.3. The van der Waals surface area contributed by atoms with Crippen molar-refractivity contribution in [2.45, 2.75) is 46.0 Å². The van der Waals surface area contributed by atoms with Gasteiger partial charge in [0, 0.05) is 0 Å². The molecule has 0 saturated carbocycles. The van der Waals surface area contributed by atoms with Crippen LogP contribution >= 0.6 is 0 Å². The lowest BCUT2D eigenvalue weighted by molar-refractivity contribution is 0.422. The molecule has 93 valence electrons. The first-order chi connectivity index (χ1) is 8.31. The summed E-state index contributed by atoms with van der Waals surface area (Å²) < 4.78 is 4.88. The lowest BCUT2D eigenvalue weighted by Crippen LogP contribution is -2.05. The van der Waals surface area contributed by atoms with Gasteiger partial charge in [0.1, 0.15) is 5.75 Å². The molecule has 0 aromatic heterocycles. The molecule has 2 heteroatoms. The molecular formula is C15H21O2. The van der Waals surface area contributed by atoms with E-state index < -0.39 is 0 Å². The van der Waals surface area contributed by atoms with Crippen molar-refractivity contribution in [2.75, 3.05) is 0 Å². The van der Waals surface area contributed by atoms with Crippen molar-refractivity contribution in [3.63, 3.8) is 0 Å². The quantitative estimate of drug-likeness (QED) is 0.681. The maximum absolute atomic E-state index is 10.3. The topological polar surface area (TPSA) is 26.3 Å². The summed E-state index contributed by atoms with van der Waals surface area (Å²) >= 11 is 0. The molecule has 1 rings (SSSR count). The van der Waals surface area contributed by atoms with Crippen LogP contribution in [0.25, 0.3) is 0 Å². The van der Waals surface area contributed by atoms with Gasteiger partial charge in [-0.15, -0.1) is 0 Å². The number of hydrogen-bond donors (Lipinski definition) is 0. The van der Waals surface area contributed by atoms with E-state index in [1.165, 1.54) is 32.2 Å². The van der Waals surface area contributed by atoms with Crippen LogP contribution in [0, 0.1) is 5.92 Å². The summed E-state index contributed by atoms with van der Waals surface area (Å²) in [5.74, 6) is 1.32. The fourth-order valence-electron chi connectivity index (χ4n) is 2.07. The van der Waals surface area contributed by atoms with E-state index in [0.717, 1.165) is 12.0 Å². The molecule has 0 saturated heterocycles. The molecule has 0 aliphatic heterocycles. The molecule has 1 aromatic rings. The van der Waals surface area contributed by atoms with Crippen LogP contribution in [0.5, 0.6) is 5.75 Å². The summed E-state index contributed by atoms with van der Waals surface area (Å²) in [6.45, 7) is 5.94. The highest BCUT2D eigenvalue weighted by Gasteiger charge is 2.10. The van der Waals surface area contributed by atoms with E-state index in [-0.39, 0.29) is 0 Å². The molecule has 0 aliphatic carbocycles. The lowest BCUT2D eigenvalue weighted by Gasteiger charge is -2.15. The van der Waals surface area contributed by atoms with Gasteiger partial charge in [-0.3, -0.25) is 0 Å². The summed E-state index contributed by atoms with van der Waals surface area (Å²) in [6, 6.07) is 7.72. The first-order valence-electron chi connectivity index (χ1n) is 6.43. The van der Waals surface area contributed by atoms with Crippen LogP contribution in [0.3, 0.4) is 0 Å². The van der Waals surface area contributed by atoms with Crippen molar-refractivity contribution in [3.8, 4) is 5.75 Å². The van der Waals surface area contributed by atoms with E-state index in [2.05, 4.69) is 13.8 Å². The molecular weight excluding hydrogens is 212 g/mol. The Morgan fingerprint density at radius 3 is 2.71 bits per heavy atom. The normalized spacial score (nSPS) is 12.1. The zero-order valence-corrected chi connectivity index (χ0v) is 10.7. The van der Waals surface area contributed by atoms with Gasteiger partial charge in [0.25, 0.3) is 0 Å². The van der Waals surface area contributed by atoms with Crippen LogP contribution in [0.4, 0.5) is 0 Å². The minimum atomic E-state index is 0.650. The van der Waals surface area contributed by atoms with Gasteiger partial charge >= 0.3 is 6.47 Å². The van der Waals surface area contributed by atoms with Crippen molar-refractivity contribution in [3.05, 3.63) is 29.8 Å². The largest absolute Gasteiger partial charge is 0.423 e. The Morgan fingerprint density at radius 2 is 2.06 bits per heavy atom. The molecule has 0 N–H and O–H groups in total. The average molecular weight is 233 g/mol. The standard InChI is InChI=1S/C15H21O2/c1-3-5-8-13(4-2)11-14-9-6-7-10-15(14)17-12-16/h6-7,9-10,13H,3-5,8,11H2,1-2H3. The Balaban J connectivity index is 2.67. The summed E-state index contributed by atoms with van der Waals surface area (Å²) in [6.07, 6.45) is 5.89. The van der Waals surface area contributed by atoms with Gasteiger partial charge in [-0.1, -0.05) is 57.7 Å². The molecule has 1 unspecified atom stereocenters. The predicted molar refractivity (Wildman–Crippen MR) is 69.8 cm³/mol. The second kappa shape index (κ2) is 7.88. The number of ether oxygens (including phenoxy) is 1. The van der Waals surface area contributed by atoms with Crippen molar-refractivity contribution >= 4 is 6.47 Å². The second-order valence-corrected chi connectivity index (χ2v) is 4.41. The van der Waals surface area contributed by atoms with Gasteiger partial charge in [0.2, 0.25) is 0 Å². The fraction of sp³-hybridized carbons (Fsp3) is 0.533. The van der Waals surface area contributed by atoms with Gasteiger partial charge in [-0.05, 0) is 24.0 Å². The number of hydrogen-bond acceptors (Lipinski definition) is 2. The molecule has 1 atom stereocenters. The monoisotopic (exact) mass is 233 g/mol. The summed E-state index contributed by atoms with van der Waals surface area (Å²) in [4.78, 5) is 10.3. The zero-order chi connectivity index (χ0) is 12.5. The molecule has 0 spiro atoms. The molecule has 0 amide bonds. The molecule has 0 fully saturated rings. The van der Waals surface area contributed by atoms with Crippen molar-refractivity contribution in [2.24, 2.45) is 5.92 Å². The van der Waals surface area contributed by atoms with Gasteiger partial charge in [0.05, 0.1) is 0 Å². The third-order valence-corrected chi connectivity index (χ3v) is 3.18. The van der Waals surface area contributed by atoms with Crippen molar-refractivity contribution in [1.29, 1.82) is 0 Å². The number of para-hydroxylation sites is 1. The van der Waals surface area contributed by atoms with Crippen LogP contribution < -0.4 is 4.74 Å². The number of benzene rings is 1. The molecule has 0 bridgehead atoms. The van der Waals surface area contributed by atoms with Crippen LogP contribution in [-0.2, 0) is 11.2 Å². The Hall–Kier alpha value is -1.31. The smallest absolute Gasteiger partial charge is 0.418 e. The van der Waals surface area contributed by atoms with Crippen molar-refractivity contribution in [1.82, 2.24) is 0 Å². The van der Waals surface area contributed by atoms with Crippen LogP contribution in [-0.4, -0.2) is 6.47 Å². The van der Waals surface area contributed by atoms with Crippen LogP contribution in [0.15, 0.2) is 24.3 Å². The Morgan fingerprint density at radius 1 is 1.29 bits per heavy atom. The van der Waals surface area contributed by atoms with E-state index in [0.29, 0.717) is 11.7 Å². The van der Waals surface area contributed by atoms with Crippen LogP contribution in [0.2, 0.25) is 0 Å². The van der Waals surface area contributed by atoms with E-state index in [1.807, 2.05) is 24.3 Å². The summed E-state index contributed by atoms with van der Waals surface area (Å²) in [5, 5.41) is 0. The summed E-state index contributed by atoms with van der Waals surface area (Å²) in [5.41, 5.74) is 1.11. The highest BCUT2D eigenvalue weighted by atomic mass is 16.5. The van der Waals surface area contributed by atoms with E-state index in [9.17, 15) is 4.79 Å². The van der Waals surface area contributed by atoms with Crippen molar-refractivity contribution < 1.29 is 9.53 Å². The Labute approximate surface area is 104 Å². The summed E-state index contributed by atoms with van der Waals surface area (Å²) in [7, 11) is 0. The lowest BCUT2D eigenvalue weighted by atomic mass is 9.91. The zero-order valence-electron chi connectivity index (χ0n) is 10.7. The van der Waals surface area contributed by atoms with E-state index >= 15 is 0 Å². The second-order valence-electron chi connectivity index (χ2n) is 4.41.